The summed E-state index contributed by atoms with van der Waals surface area (Å²) in [6, 6.07) is 26.4. The van der Waals surface area contributed by atoms with E-state index in [-0.39, 0.29) is 0 Å². The van der Waals surface area contributed by atoms with Crippen LogP contribution in [0.3, 0.4) is 0 Å². The van der Waals surface area contributed by atoms with Gasteiger partial charge in [0, 0.05) is 89.3 Å². The molecule has 16 nitrogen and oxygen atoms in total. The molecule has 0 bridgehead atoms. The number of pyridine rings is 2. The van der Waals surface area contributed by atoms with Gasteiger partial charge in [0.25, 0.3) is 0 Å². The zero-order chi connectivity index (χ0) is 39.7. The second kappa shape index (κ2) is 18.2. The van der Waals surface area contributed by atoms with Gasteiger partial charge in [-0.15, -0.1) is 0 Å². The summed E-state index contributed by atoms with van der Waals surface area (Å²) in [5, 5.41) is 13.5. The van der Waals surface area contributed by atoms with Gasteiger partial charge in [-0.05, 0) is 61.1 Å². The third-order valence-electron chi connectivity index (χ3n) is 10.2. The molecule has 298 valence electrons. The van der Waals surface area contributed by atoms with Gasteiger partial charge in [-0.1, -0.05) is 44.2 Å². The second-order valence-electron chi connectivity index (χ2n) is 14.4. The molecule has 6 heterocycles. The molecule has 0 spiro atoms. The fraction of sp³-hybridized carbons (Fsp3) is 0.333. The quantitative estimate of drug-likeness (QED) is 0.101. The molecule has 16 heteroatoms. The first kappa shape index (κ1) is 38.4. The number of aryl methyl sites for hydroxylation is 2. The highest BCUT2D eigenvalue weighted by Gasteiger charge is 2.22. The van der Waals surface area contributed by atoms with Gasteiger partial charge < -0.3 is 36.0 Å². The minimum absolute atomic E-state index is 0.493. The number of likely N-dealkylation sites (N-methyl/N-ethyl adjacent to an activating group) is 1. The largest absolute Gasteiger partial charge is 0.354 e. The van der Waals surface area contributed by atoms with Crippen LogP contribution in [0.4, 0.5) is 58.2 Å². The summed E-state index contributed by atoms with van der Waals surface area (Å²) in [6.07, 6.45) is 4.98. The van der Waals surface area contributed by atoms with Gasteiger partial charge in [0.1, 0.15) is 17.5 Å². The molecular weight excluding hydrogens is 729 g/mol. The number of anilines is 10. The van der Waals surface area contributed by atoms with Crippen molar-refractivity contribution in [2.75, 3.05) is 90.5 Å². The molecule has 58 heavy (non-hydrogen) atoms. The predicted octanol–water partition coefficient (Wildman–Crippen LogP) is 6.02. The molecular formula is C42H50N16. The molecule has 0 unspecified atom stereocenters. The Balaban J connectivity index is 0.852. The van der Waals surface area contributed by atoms with Crippen molar-refractivity contribution in [3.05, 3.63) is 108 Å². The smallest absolute Gasteiger partial charge is 0.233 e. The van der Waals surface area contributed by atoms with E-state index < -0.39 is 0 Å². The average molecular weight is 779 g/mol. The van der Waals surface area contributed by atoms with Crippen molar-refractivity contribution in [2.24, 2.45) is 0 Å². The summed E-state index contributed by atoms with van der Waals surface area (Å²) in [4.78, 5) is 46.8. The Morgan fingerprint density at radius 1 is 0.534 bits per heavy atom. The number of benzene rings is 2. The van der Waals surface area contributed by atoms with Crippen molar-refractivity contribution in [3.8, 4) is 0 Å². The lowest BCUT2D eigenvalue weighted by molar-refractivity contribution is 0.248. The fourth-order valence-electron chi connectivity index (χ4n) is 6.80. The van der Waals surface area contributed by atoms with E-state index in [1.165, 1.54) is 5.56 Å². The number of hydrogen-bond donors (Lipinski definition) is 4. The number of nitrogens with zero attached hydrogens (tertiary/aromatic N) is 12. The van der Waals surface area contributed by atoms with Crippen molar-refractivity contribution in [3.63, 3.8) is 0 Å². The van der Waals surface area contributed by atoms with E-state index in [0.29, 0.717) is 48.3 Å². The van der Waals surface area contributed by atoms with Crippen LogP contribution in [0.1, 0.15) is 31.1 Å². The molecule has 2 fully saturated rings. The number of aromatic nitrogens is 8. The summed E-state index contributed by atoms with van der Waals surface area (Å²) in [7, 11) is 2.14. The van der Waals surface area contributed by atoms with Crippen LogP contribution in [0, 0.1) is 0 Å². The standard InChI is InChI=1S/C42H50N16/c1-4-35-47-39(49-37-18-17-33(28-44-37)45-31-10-7-6-8-11-31)53-41(50-35)58-26-22-56(23-27-58)29-30-13-15-32(16-14-30)46-34-12-9-19-43-38(34)52-40-48-36(5-2)51-42(54-40)57-24-20-55(3)21-25-57/h6-19,28,45-46H,4-5,20-27,29H2,1-3H3,(H,43,48,51,52,54)(H,44,47,49,50,53). The molecule has 2 aliphatic heterocycles. The Labute approximate surface area is 339 Å². The zero-order valence-corrected chi connectivity index (χ0v) is 33.3. The topological polar surface area (TPSA) is 164 Å². The highest BCUT2D eigenvalue weighted by atomic mass is 15.4. The number of piperazine rings is 2. The Hall–Kier alpha value is -6.52. The molecule has 2 aromatic carbocycles. The molecule has 0 amide bonds. The Morgan fingerprint density at radius 3 is 1.79 bits per heavy atom. The van der Waals surface area contributed by atoms with Crippen molar-refractivity contribution in [1.29, 1.82) is 0 Å². The van der Waals surface area contributed by atoms with Crippen LogP contribution in [-0.2, 0) is 19.4 Å². The van der Waals surface area contributed by atoms with E-state index in [9.17, 15) is 0 Å². The zero-order valence-electron chi connectivity index (χ0n) is 33.3. The minimum Gasteiger partial charge on any atom is -0.354 e. The number of nitrogens with one attached hydrogen (secondary N) is 4. The van der Waals surface area contributed by atoms with Crippen molar-refractivity contribution >= 4 is 58.2 Å². The van der Waals surface area contributed by atoms with E-state index in [2.05, 4.69) is 106 Å². The summed E-state index contributed by atoms with van der Waals surface area (Å²) < 4.78 is 0. The summed E-state index contributed by atoms with van der Waals surface area (Å²) in [6.45, 7) is 12.1. The van der Waals surface area contributed by atoms with Crippen LogP contribution >= 0.6 is 0 Å². The fourth-order valence-corrected chi connectivity index (χ4v) is 6.80. The van der Waals surface area contributed by atoms with Gasteiger partial charge in [0.2, 0.25) is 23.8 Å². The third kappa shape index (κ3) is 9.88. The predicted molar refractivity (Wildman–Crippen MR) is 230 cm³/mol. The first-order chi connectivity index (χ1) is 28.5. The molecule has 0 aliphatic carbocycles. The van der Waals surface area contributed by atoms with E-state index in [4.69, 9.17) is 19.9 Å². The van der Waals surface area contributed by atoms with Gasteiger partial charge in [0.15, 0.2) is 5.82 Å². The van der Waals surface area contributed by atoms with Gasteiger partial charge in [0.05, 0.1) is 17.6 Å². The maximum absolute atomic E-state index is 4.80. The molecule has 2 aliphatic rings. The molecule has 8 rings (SSSR count). The van der Waals surface area contributed by atoms with Crippen LogP contribution in [0.15, 0.2) is 91.3 Å². The van der Waals surface area contributed by atoms with Crippen LogP contribution in [0.5, 0.6) is 0 Å². The number of rotatable bonds is 14. The van der Waals surface area contributed by atoms with Gasteiger partial charge in [-0.3, -0.25) is 4.90 Å². The number of para-hydroxylation sites is 1. The van der Waals surface area contributed by atoms with E-state index >= 15 is 0 Å². The molecule has 4 aromatic heterocycles. The highest BCUT2D eigenvalue weighted by Crippen LogP contribution is 2.27. The van der Waals surface area contributed by atoms with Crippen molar-refractivity contribution < 1.29 is 0 Å². The normalized spacial score (nSPS) is 14.9. The molecule has 0 radical (unpaired) electrons. The van der Waals surface area contributed by atoms with Crippen LogP contribution in [0.25, 0.3) is 0 Å². The lowest BCUT2D eigenvalue weighted by Crippen LogP contribution is -2.46. The van der Waals surface area contributed by atoms with Crippen molar-refractivity contribution in [1.82, 2.24) is 49.7 Å². The SMILES string of the molecule is CCc1nc(Nc2ccc(Nc3ccccc3)cn2)nc(N2CCN(Cc3ccc(Nc4cccnc4Nc4nc(CC)nc(N5CCN(C)CC5)n4)cc3)CC2)n1. The summed E-state index contributed by atoms with van der Waals surface area (Å²) >= 11 is 0. The van der Waals surface area contributed by atoms with E-state index in [1.54, 1.807) is 12.4 Å². The van der Waals surface area contributed by atoms with Crippen LogP contribution in [0.2, 0.25) is 0 Å². The summed E-state index contributed by atoms with van der Waals surface area (Å²) in [5.74, 6) is 5.19. The first-order valence-electron chi connectivity index (χ1n) is 20.0. The van der Waals surface area contributed by atoms with Crippen LogP contribution in [-0.4, -0.2) is 109 Å². The van der Waals surface area contributed by atoms with Gasteiger partial charge >= 0.3 is 0 Å². The second-order valence-corrected chi connectivity index (χ2v) is 14.4. The van der Waals surface area contributed by atoms with E-state index in [1.807, 2.05) is 54.6 Å². The Bertz CT molecular complexity index is 2240. The lowest BCUT2D eigenvalue weighted by Gasteiger charge is -2.34. The minimum atomic E-state index is 0.493. The molecule has 0 saturated carbocycles. The molecule has 4 N–H and O–H groups in total. The maximum Gasteiger partial charge on any atom is 0.233 e. The van der Waals surface area contributed by atoms with Crippen molar-refractivity contribution in [2.45, 2.75) is 33.2 Å². The van der Waals surface area contributed by atoms with Gasteiger partial charge in [-0.25, -0.2) is 9.97 Å². The summed E-state index contributed by atoms with van der Waals surface area (Å²) in [5.41, 5.74) is 4.95. The van der Waals surface area contributed by atoms with Crippen LogP contribution < -0.4 is 31.1 Å². The molecule has 6 aromatic rings. The third-order valence-corrected chi connectivity index (χ3v) is 10.2. The monoisotopic (exact) mass is 778 g/mol. The van der Waals surface area contributed by atoms with Gasteiger partial charge in [-0.2, -0.15) is 29.9 Å². The average Bonchev–Trinajstić information content (AvgIpc) is 3.26. The number of hydrogen-bond acceptors (Lipinski definition) is 16. The van der Waals surface area contributed by atoms with E-state index in [0.717, 1.165) is 93.3 Å². The molecule has 0 atom stereocenters. The Morgan fingerprint density at radius 2 is 1.16 bits per heavy atom. The maximum atomic E-state index is 4.80. The first-order valence-corrected chi connectivity index (χ1v) is 20.0. The highest BCUT2D eigenvalue weighted by molar-refractivity contribution is 5.74. The Kier molecular flexibility index (Phi) is 12.0. The lowest BCUT2D eigenvalue weighted by atomic mass is 10.1. The molecule has 2 saturated heterocycles.